The van der Waals surface area contributed by atoms with Crippen molar-refractivity contribution in [3.8, 4) is 28.7 Å². The molecule has 0 saturated carbocycles. The predicted octanol–water partition coefficient (Wildman–Crippen LogP) is 12.4. The summed E-state index contributed by atoms with van der Waals surface area (Å²) in [5, 5.41) is 0. The normalized spacial score (nSPS) is 12.5. The van der Waals surface area contributed by atoms with E-state index in [2.05, 4.69) is 165 Å². The Kier molecular flexibility index (Phi) is 47.9. The van der Waals surface area contributed by atoms with Gasteiger partial charge in [-0.2, -0.15) is 0 Å². The lowest BCUT2D eigenvalue weighted by atomic mass is 10.1. The van der Waals surface area contributed by atoms with Gasteiger partial charge in [0.25, 0.3) is 0 Å². The van der Waals surface area contributed by atoms with Crippen LogP contribution in [0.25, 0.3) is 0 Å². The molecule has 22 nitrogen and oxygen atoms in total. The first-order chi connectivity index (χ1) is 51.4. The van der Waals surface area contributed by atoms with Gasteiger partial charge in [0.05, 0.1) is 205 Å². The fourth-order valence-electron chi connectivity index (χ4n) is 12.2. The van der Waals surface area contributed by atoms with Gasteiger partial charge in [0.1, 0.15) is 80.1 Å². The zero-order chi connectivity index (χ0) is 76.4. The number of hydrogen-bond donors (Lipinski definition) is 0. The van der Waals surface area contributed by atoms with E-state index in [1.165, 1.54) is 27.8 Å². The molecule has 0 aliphatic heterocycles. The number of hydrogen-bond acceptors (Lipinski definition) is 22. The van der Waals surface area contributed by atoms with E-state index in [9.17, 15) is 0 Å². The molecule has 5 rings (SSSR count). The van der Waals surface area contributed by atoms with E-state index < -0.39 is 18.3 Å². The van der Waals surface area contributed by atoms with E-state index in [1.807, 2.05) is 0 Å². The standard InChI is InChI=1S/C84H130O22/c1-62-46-67(6)80(68(7)47-62)102-41-33-90-18-16-85-26-28-95-56-77(99-38-30-87-20-23-92-35-43-104-82-71(10)50-64(3)51-72(82)11)58-97-60-79(101-40-32-89-22-25-94-37-45-106-84-75(14)54-66(5)55-76(84)15)61-98-59-78(100-39-31-88-21-24-93-36-44-105-83-73(12)52-65(4)53-74(83)13)57-96-29-27-86-17-19-91-34-42-103-81-69(8)48-63(2)49-70(81)9/h46-55,77-79H,16-45,56-61H2,1-15H3. The molecule has 106 heavy (non-hydrogen) atoms. The van der Waals surface area contributed by atoms with Crippen LogP contribution in [0, 0.1) is 104 Å². The topological polar surface area (TPSA) is 203 Å². The first-order valence-electron chi connectivity index (χ1n) is 37.8. The van der Waals surface area contributed by atoms with Crippen LogP contribution in [0.1, 0.15) is 83.5 Å². The summed E-state index contributed by atoms with van der Waals surface area (Å²) in [6.45, 7) is 44.1. The van der Waals surface area contributed by atoms with Crippen molar-refractivity contribution >= 4 is 0 Å². The molecule has 0 spiro atoms. The highest BCUT2D eigenvalue weighted by Gasteiger charge is 2.19. The van der Waals surface area contributed by atoms with Crippen LogP contribution >= 0.6 is 0 Å². The minimum absolute atomic E-state index is 0.178. The van der Waals surface area contributed by atoms with Crippen LogP contribution in [-0.2, 0) is 80.5 Å². The second-order valence-corrected chi connectivity index (χ2v) is 26.7. The van der Waals surface area contributed by atoms with Crippen molar-refractivity contribution in [1.82, 2.24) is 0 Å². The molecule has 2 atom stereocenters. The summed E-state index contributed by atoms with van der Waals surface area (Å²) < 4.78 is 133. The molecule has 0 bridgehead atoms. The van der Waals surface area contributed by atoms with Crippen LogP contribution in [0.5, 0.6) is 28.7 Å². The maximum absolute atomic E-state index is 6.40. The van der Waals surface area contributed by atoms with Crippen molar-refractivity contribution in [3.63, 3.8) is 0 Å². The highest BCUT2D eigenvalue weighted by atomic mass is 16.6. The lowest BCUT2D eigenvalue weighted by Crippen LogP contribution is -2.34. The van der Waals surface area contributed by atoms with Crippen LogP contribution in [-0.4, -0.2) is 256 Å². The van der Waals surface area contributed by atoms with Crippen molar-refractivity contribution in [2.45, 2.75) is 122 Å². The van der Waals surface area contributed by atoms with Gasteiger partial charge in [-0.05, 0) is 159 Å². The van der Waals surface area contributed by atoms with Crippen LogP contribution < -0.4 is 23.7 Å². The van der Waals surface area contributed by atoms with E-state index in [0.717, 1.165) is 84.4 Å². The Morgan fingerprint density at radius 2 is 0.292 bits per heavy atom. The molecule has 0 radical (unpaired) electrons. The van der Waals surface area contributed by atoms with Crippen LogP contribution in [0.4, 0.5) is 0 Å². The molecule has 0 amide bonds. The maximum atomic E-state index is 6.40. The second-order valence-electron chi connectivity index (χ2n) is 26.7. The average molecular weight is 1490 g/mol. The van der Waals surface area contributed by atoms with Gasteiger partial charge in [0.15, 0.2) is 0 Å². The summed E-state index contributed by atoms with van der Waals surface area (Å²) in [4.78, 5) is 0. The molecule has 2 unspecified atom stereocenters. The minimum atomic E-state index is -0.498. The molecule has 0 heterocycles. The van der Waals surface area contributed by atoms with Gasteiger partial charge in [-0.25, -0.2) is 0 Å². The van der Waals surface area contributed by atoms with Gasteiger partial charge in [0, 0.05) is 0 Å². The Balaban J connectivity index is 1.11. The summed E-state index contributed by atoms with van der Waals surface area (Å²) in [6.07, 6.45) is -1.39. The fraction of sp³-hybridized carbons (Fsp3) is 0.643. The lowest BCUT2D eigenvalue weighted by Gasteiger charge is -2.23. The third kappa shape index (κ3) is 39.7. The third-order valence-corrected chi connectivity index (χ3v) is 16.6. The molecule has 5 aromatic rings. The third-order valence-electron chi connectivity index (χ3n) is 16.6. The van der Waals surface area contributed by atoms with E-state index in [-0.39, 0.29) is 46.2 Å². The summed E-state index contributed by atoms with van der Waals surface area (Å²) in [7, 11) is 0. The van der Waals surface area contributed by atoms with E-state index in [4.69, 9.17) is 104 Å². The van der Waals surface area contributed by atoms with E-state index >= 15 is 0 Å². The van der Waals surface area contributed by atoms with Crippen LogP contribution in [0.15, 0.2) is 60.7 Å². The molecule has 0 aromatic heterocycles. The summed E-state index contributed by atoms with van der Waals surface area (Å²) in [6, 6.07) is 21.2. The summed E-state index contributed by atoms with van der Waals surface area (Å²) in [5.74, 6) is 4.51. The molecule has 0 aliphatic rings. The maximum Gasteiger partial charge on any atom is 0.125 e. The lowest BCUT2D eigenvalue weighted by molar-refractivity contribution is -0.121. The number of rotatable bonds is 65. The van der Waals surface area contributed by atoms with Gasteiger partial charge in [-0.3, -0.25) is 0 Å². The highest BCUT2D eigenvalue weighted by Crippen LogP contribution is 2.29. The Bertz CT molecular complexity index is 2860. The minimum Gasteiger partial charge on any atom is -0.491 e. The first-order valence-corrected chi connectivity index (χ1v) is 37.8. The first kappa shape index (κ1) is 91.0. The van der Waals surface area contributed by atoms with Gasteiger partial charge in [0.2, 0.25) is 0 Å². The zero-order valence-corrected chi connectivity index (χ0v) is 66.9. The van der Waals surface area contributed by atoms with Gasteiger partial charge in [-0.15, -0.1) is 0 Å². The molecular weight excluding hydrogens is 1360 g/mol. The van der Waals surface area contributed by atoms with E-state index in [1.54, 1.807) is 0 Å². The molecular formula is C84H130O22. The number of ether oxygens (including phenoxy) is 22. The largest absolute Gasteiger partial charge is 0.491 e. The second kappa shape index (κ2) is 55.8. The summed E-state index contributed by atoms with van der Waals surface area (Å²) >= 11 is 0. The van der Waals surface area contributed by atoms with Crippen molar-refractivity contribution in [2.24, 2.45) is 0 Å². The molecule has 5 aromatic carbocycles. The zero-order valence-electron chi connectivity index (χ0n) is 66.9. The quantitative estimate of drug-likeness (QED) is 0.0332. The monoisotopic (exact) mass is 1490 g/mol. The Morgan fingerprint density at radius 3 is 0.462 bits per heavy atom. The molecule has 22 heteroatoms. The number of aryl methyl sites for hydroxylation is 15. The average Bonchev–Trinajstić information content (AvgIpc) is 0.884. The highest BCUT2D eigenvalue weighted by molar-refractivity contribution is 5.46. The molecule has 0 fully saturated rings. The smallest absolute Gasteiger partial charge is 0.125 e. The van der Waals surface area contributed by atoms with Crippen molar-refractivity contribution in [1.29, 1.82) is 0 Å². The van der Waals surface area contributed by atoms with Crippen molar-refractivity contribution in [2.75, 3.05) is 238 Å². The van der Waals surface area contributed by atoms with Crippen molar-refractivity contribution < 1.29 is 104 Å². The van der Waals surface area contributed by atoms with Gasteiger partial charge < -0.3 is 104 Å². The predicted molar refractivity (Wildman–Crippen MR) is 411 cm³/mol. The van der Waals surface area contributed by atoms with Gasteiger partial charge in [-0.1, -0.05) is 88.5 Å². The molecule has 0 saturated heterocycles. The molecule has 598 valence electrons. The SMILES string of the molecule is Cc1cc(C)c(OCCOCCOCCOCC(COCC(COCC(COCCOCCOCCOc2c(C)cc(C)cc2C)OCCOCCOCCOc2c(C)cc(C)cc2C)OCCOCCOCCOc2c(C)cc(C)cc2C)OCCOCCOCCOc2c(C)cc(C)cc2C)c(C)c1. The fourth-order valence-corrected chi connectivity index (χ4v) is 12.2. The summed E-state index contributed by atoms with van der Waals surface area (Å²) in [5.41, 5.74) is 17.2. The number of benzene rings is 5. The van der Waals surface area contributed by atoms with E-state index in [0.29, 0.717) is 192 Å². The molecule has 0 aliphatic carbocycles. The Hall–Kier alpha value is -5.58. The molecule has 0 N–H and O–H groups in total. The van der Waals surface area contributed by atoms with Crippen LogP contribution in [0.2, 0.25) is 0 Å². The van der Waals surface area contributed by atoms with Crippen molar-refractivity contribution in [3.05, 3.63) is 144 Å². The Labute approximate surface area is 634 Å². The van der Waals surface area contributed by atoms with Crippen LogP contribution in [0.3, 0.4) is 0 Å². The Morgan fingerprint density at radius 1 is 0.160 bits per heavy atom. The van der Waals surface area contributed by atoms with Gasteiger partial charge >= 0.3 is 0 Å².